The van der Waals surface area contributed by atoms with Gasteiger partial charge in [-0.25, -0.2) is 0 Å². The second-order valence-electron chi connectivity index (χ2n) is 6.67. The first-order valence-corrected chi connectivity index (χ1v) is 10.0. The van der Waals surface area contributed by atoms with E-state index in [9.17, 15) is 9.59 Å². The van der Waals surface area contributed by atoms with Crippen LogP contribution in [0.5, 0.6) is 5.75 Å². The first-order valence-electron chi connectivity index (χ1n) is 9.29. The van der Waals surface area contributed by atoms with Crippen molar-refractivity contribution in [1.82, 2.24) is 0 Å². The number of benzene rings is 3. The minimum absolute atomic E-state index is 0.105. The molecule has 0 saturated heterocycles. The number of rotatable bonds is 5. The van der Waals surface area contributed by atoms with Gasteiger partial charge in [0.1, 0.15) is 5.58 Å². The molecule has 1 heterocycles. The summed E-state index contributed by atoms with van der Waals surface area (Å²) in [6, 6.07) is 21.1. The first-order chi connectivity index (χ1) is 14.5. The van der Waals surface area contributed by atoms with Crippen molar-refractivity contribution in [1.29, 1.82) is 0 Å². The highest BCUT2D eigenvalue weighted by atomic mass is 35.5. The van der Waals surface area contributed by atoms with Gasteiger partial charge in [-0.2, -0.15) is 0 Å². The molecule has 0 unspecified atom stereocenters. The van der Waals surface area contributed by atoms with Crippen molar-refractivity contribution in [2.24, 2.45) is 0 Å². The zero-order valence-corrected chi connectivity index (χ0v) is 17.2. The third kappa shape index (κ3) is 4.25. The van der Waals surface area contributed by atoms with Crippen LogP contribution in [-0.2, 0) is 11.2 Å². The quantitative estimate of drug-likeness (QED) is 0.342. The van der Waals surface area contributed by atoms with E-state index in [1.807, 2.05) is 30.3 Å². The van der Waals surface area contributed by atoms with Crippen molar-refractivity contribution in [2.45, 2.75) is 12.8 Å². The Bertz CT molecular complexity index is 1280. The fraction of sp³-hybridized carbons (Fsp3) is 0.0833. The average Bonchev–Trinajstić information content (AvgIpc) is 2.76. The van der Waals surface area contributed by atoms with E-state index in [4.69, 9.17) is 32.4 Å². The Morgan fingerprint density at radius 3 is 2.43 bits per heavy atom. The molecule has 3 aromatic carbocycles. The average molecular weight is 439 g/mol. The maximum atomic E-state index is 13.2. The Kier molecular flexibility index (Phi) is 5.88. The molecule has 4 rings (SSSR count). The monoisotopic (exact) mass is 438 g/mol. The highest BCUT2D eigenvalue weighted by Crippen LogP contribution is 2.35. The lowest BCUT2D eigenvalue weighted by Crippen LogP contribution is -2.16. The summed E-state index contributed by atoms with van der Waals surface area (Å²) >= 11 is 12.4. The maximum Gasteiger partial charge on any atom is 0.311 e. The highest BCUT2D eigenvalue weighted by Gasteiger charge is 2.22. The number of hydrogen-bond donors (Lipinski definition) is 0. The van der Waals surface area contributed by atoms with Gasteiger partial charge in [-0.15, -0.1) is 0 Å². The lowest BCUT2D eigenvalue weighted by Gasteiger charge is -2.12. The standard InChI is InChI=1S/C24H16Cl2O4/c25-16-11-12-20-18(14-16)22(28)24(23(29-20)17-8-4-5-9-19(17)26)30-21(27)13-10-15-6-2-1-3-7-15/h1-9,11-12,14H,10,13H2. The lowest BCUT2D eigenvalue weighted by atomic mass is 10.1. The van der Waals surface area contributed by atoms with Crippen LogP contribution < -0.4 is 10.2 Å². The van der Waals surface area contributed by atoms with Crippen molar-refractivity contribution < 1.29 is 13.9 Å². The SMILES string of the molecule is O=C(CCc1ccccc1)Oc1c(-c2ccccc2Cl)oc2ccc(Cl)cc2c1=O. The molecule has 6 heteroatoms. The van der Waals surface area contributed by atoms with Gasteiger partial charge >= 0.3 is 5.97 Å². The molecule has 0 aliphatic heterocycles. The third-order valence-corrected chi connectivity index (χ3v) is 5.17. The van der Waals surface area contributed by atoms with Crippen molar-refractivity contribution >= 4 is 40.1 Å². The molecule has 150 valence electrons. The second-order valence-corrected chi connectivity index (χ2v) is 7.51. The topological polar surface area (TPSA) is 56.5 Å². The van der Waals surface area contributed by atoms with Gasteiger partial charge in [0.2, 0.25) is 11.2 Å². The van der Waals surface area contributed by atoms with E-state index in [2.05, 4.69) is 0 Å². The fourth-order valence-electron chi connectivity index (χ4n) is 3.12. The zero-order chi connectivity index (χ0) is 21.1. The molecule has 0 spiro atoms. The fourth-order valence-corrected chi connectivity index (χ4v) is 3.52. The highest BCUT2D eigenvalue weighted by molar-refractivity contribution is 6.33. The predicted molar refractivity (Wildman–Crippen MR) is 118 cm³/mol. The minimum atomic E-state index is -0.541. The second kappa shape index (κ2) is 8.74. The van der Waals surface area contributed by atoms with Crippen LogP contribution in [0.1, 0.15) is 12.0 Å². The molecule has 0 N–H and O–H groups in total. The Morgan fingerprint density at radius 1 is 0.933 bits per heavy atom. The van der Waals surface area contributed by atoms with Crippen LogP contribution in [0.2, 0.25) is 10.0 Å². The Labute approximate surface area is 182 Å². The van der Waals surface area contributed by atoms with Crippen molar-refractivity contribution in [3.8, 4) is 17.1 Å². The van der Waals surface area contributed by atoms with Crippen LogP contribution in [0.4, 0.5) is 0 Å². The van der Waals surface area contributed by atoms with Crippen LogP contribution in [0.15, 0.2) is 82.0 Å². The van der Waals surface area contributed by atoms with Gasteiger partial charge in [-0.05, 0) is 42.3 Å². The van der Waals surface area contributed by atoms with E-state index in [-0.39, 0.29) is 23.3 Å². The summed E-state index contributed by atoms with van der Waals surface area (Å²) < 4.78 is 11.4. The Balaban J connectivity index is 1.75. The number of esters is 1. The summed E-state index contributed by atoms with van der Waals surface area (Å²) in [6.07, 6.45) is 0.602. The number of carbonyl (C=O) groups excluding carboxylic acids is 1. The molecule has 0 aliphatic rings. The van der Waals surface area contributed by atoms with Crippen LogP contribution in [0.25, 0.3) is 22.3 Å². The largest absolute Gasteiger partial charge is 0.452 e. The maximum absolute atomic E-state index is 13.2. The molecule has 4 nitrogen and oxygen atoms in total. The smallest absolute Gasteiger partial charge is 0.311 e. The molecule has 0 atom stereocenters. The van der Waals surface area contributed by atoms with Crippen LogP contribution in [0.3, 0.4) is 0 Å². The van der Waals surface area contributed by atoms with E-state index in [1.54, 1.807) is 36.4 Å². The van der Waals surface area contributed by atoms with Crippen molar-refractivity contribution in [3.05, 3.63) is 98.6 Å². The number of halogens is 2. The van der Waals surface area contributed by atoms with E-state index in [0.29, 0.717) is 27.6 Å². The summed E-state index contributed by atoms with van der Waals surface area (Å²) in [5.41, 5.74) is 1.29. The summed E-state index contributed by atoms with van der Waals surface area (Å²) in [4.78, 5) is 25.7. The lowest BCUT2D eigenvalue weighted by molar-refractivity contribution is -0.134. The van der Waals surface area contributed by atoms with Gasteiger partial charge < -0.3 is 9.15 Å². The summed E-state index contributed by atoms with van der Waals surface area (Å²) in [5.74, 6) is -0.634. The van der Waals surface area contributed by atoms with E-state index in [0.717, 1.165) is 5.56 Å². The molecule has 0 amide bonds. The molecule has 0 bridgehead atoms. The van der Waals surface area contributed by atoms with Crippen molar-refractivity contribution in [2.75, 3.05) is 0 Å². The normalized spacial score (nSPS) is 10.9. The molecule has 1 aromatic heterocycles. The van der Waals surface area contributed by atoms with E-state index >= 15 is 0 Å². The third-order valence-electron chi connectivity index (χ3n) is 4.61. The van der Waals surface area contributed by atoms with Gasteiger partial charge in [0, 0.05) is 17.0 Å². The predicted octanol–water partition coefficient (Wildman–Crippen LogP) is 6.31. The van der Waals surface area contributed by atoms with Gasteiger partial charge in [-0.1, -0.05) is 65.7 Å². The van der Waals surface area contributed by atoms with Crippen molar-refractivity contribution in [3.63, 3.8) is 0 Å². The number of fused-ring (bicyclic) bond motifs is 1. The van der Waals surface area contributed by atoms with Crippen LogP contribution in [0, 0.1) is 0 Å². The molecular weight excluding hydrogens is 423 g/mol. The van der Waals surface area contributed by atoms with Crippen LogP contribution >= 0.6 is 23.2 Å². The van der Waals surface area contributed by atoms with Crippen LogP contribution in [-0.4, -0.2) is 5.97 Å². The molecular formula is C24H16Cl2O4. The van der Waals surface area contributed by atoms with Gasteiger partial charge in [0.25, 0.3) is 0 Å². The molecule has 0 aliphatic carbocycles. The molecule has 4 aromatic rings. The first kappa shape index (κ1) is 20.2. The molecule has 0 radical (unpaired) electrons. The number of aryl methyl sites for hydroxylation is 1. The number of ether oxygens (including phenoxy) is 1. The minimum Gasteiger partial charge on any atom is -0.452 e. The van der Waals surface area contributed by atoms with E-state index in [1.165, 1.54) is 6.07 Å². The molecule has 30 heavy (non-hydrogen) atoms. The van der Waals surface area contributed by atoms with E-state index < -0.39 is 11.4 Å². The molecule has 0 saturated carbocycles. The van der Waals surface area contributed by atoms with Gasteiger partial charge in [-0.3, -0.25) is 9.59 Å². The Morgan fingerprint density at radius 2 is 1.67 bits per heavy atom. The Hall–Kier alpha value is -3.08. The number of carbonyl (C=O) groups is 1. The van der Waals surface area contributed by atoms with Gasteiger partial charge in [0.15, 0.2) is 5.76 Å². The summed E-state index contributed by atoms with van der Waals surface area (Å²) in [7, 11) is 0. The zero-order valence-electron chi connectivity index (χ0n) is 15.7. The van der Waals surface area contributed by atoms with Gasteiger partial charge in [0.05, 0.1) is 10.4 Å². The molecule has 0 fully saturated rings. The number of hydrogen-bond acceptors (Lipinski definition) is 4. The summed E-state index contributed by atoms with van der Waals surface area (Å²) in [6.45, 7) is 0. The summed E-state index contributed by atoms with van der Waals surface area (Å²) in [5, 5.41) is 0.973.